The monoisotopic (exact) mass is 494 g/mol. The van der Waals surface area contributed by atoms with Gasteiger partial charge >= 0.3 is 6.03 Å². The number of hydrogen-bond acceptors (Lipinski definition) is 5. The molecule has 2 aromatic rings. The molecule has 12 heteroatoms. The molecule has 0 heterocycles. The Morgan fingerprint density at radius 1 is 1.21 bits per heavy atom. The van der Waals surface area contributed by atoms with Gasteiger partial charge in [0.2, 0.25) is 0 Å². The zero-order valence-electron chi connectivity index (χ0n) is 18.6. The van der Waals surface area contributed by atoms with E-state index in [0.29, 0.717) is 24.5 Å². The van der Waals surface area contributed by atoms with Crippen LogP contribution in [-0.4, -0.2) is 29.1 Å². The zero-order chi connectivity index (χ0) is 25.5. The largest absolute Gasteiger partial charge is 0.366 e. The Morgan fingerprint density at radius 3 is 2.47 bits per heavy atom. The molecular formula is C22H26F3N6O2P. The van der Waals surface area contributed by atoms with Gasteiger partial charge in [0.05, 0.1) is 11.4 Å². The molecule has 0 radical (unpaired) electrons. The highest BCUT2D eigenvalue weighted by atomic mass is 31.0. The van der Waals surface area contributed by atoms with Gasteiger partial charge in [-0.2, -0.15) is 13.9 Å². The average Bonchev–Trinajstić information content (AvgIpc) is 2.76. The fourth-order valence-electron chi connectivity index (χ4n) is 3.17. The van der Waals surface area contributed by atoms with E-state index in [1.54, 1.807) is 37.3 Å². The fraction of sp³-hybridized carbons (Fsp3) is 0.227. The first-order valence-corrected chi connectivity index (χ1v) is 10.7. The molecule has 2 aromatic carbocycles. The lowest BCUT2D eigenvalue weighted by molar-refractivity contribution is -0.112. The molecule has 0 fully saturated rings. The molecule has 8 nitrogen and oxygen atoms in total. The molecule has 6 N–H and O–H groups in total. The summed E-state index contributed by atoms with van der Waals surface area (Å²) in [5.41, 5.74) is 2.75. The number of anilines is 2. The van der Waals surface area contributed by atoms with Crippen molar-refractivity contribution >= 4 is 38.3 Å². The predicted octanol–water partition coefficient (Wildman–Crippen LogP) is 3.92. The number of urea groups is 1. The van der Waals surface area contributed by atoms with Gasteiger partial charge in [0.25, 0.3) is 11.6 Å². The van der Waals surface area contributed by atoms with Gasteiger partial charge in [0.1, 0.15) is 5.82 Å². The van der Waals surface area contributed by atoms with E-state index in [9.17, 15) is 22.8 Å². The summed E-state index contributed by atoms with van der Waals surface area (Å²) in [6, 6.07) is 8.61. The smallest absolute Gasteiger partial charge is 0.323 e. The minimum absolute atomic E-state index is 0.0710. The van der Waals surface area contributed by atoms with Crippen LogP contribution in [0.4, 0.5) is 29.3 Å². The Morgan fingerprint density at radius 2 is 1.91 bits per heavy atom. The van der Waals surface area contributed by atoms with Crippen molar-refractivity contribution in [2.24, 2.45) is 16.7 Å². The van der Waals surface area contributed by atoms with Gasteiger partial charge in [-0.15, -0.1) is 0 Å². The predicted molar refractivity (Wildman–Crippen MR) is 130 cm³/mol. The van der Waals surface area contributed by atoms with Crippen LogP contribution < -0.4 is 22.2 Å². The third-order valence-corrected chi connectivity index (χ3v) is 5.09. The maximum atomic E-state index is 14.0. The van der Waals surface area contributed by atoms with Crippen LogP contribution in [0.3, 0.4) is 0 Å². The van der Waals surface area contributed by atoms with Crippen molar-refractivity contribution in [3.05, 3.63) is 71.2 Å². The number of nitrogens with zero attached hydrogens (tertiary/aromatic N) is 2. The Hall–Kier alpha value is -3.59. The second-order valence-electron chi connectivity index (χ2n) is 7.13. The van der Waals surface area contributed by atoms with Crippen molar-refractivity contribution in [1.29, 1.82) is 0 Å². The van der Waals surface area contributed by atoms with Crippen LogP contribution in [0, 0.1) is 5.82 Å². The summed E-state index contributed by atoms with van der Waals surface area (Å²) in [4.78, 5) is 25.8. The second-order valence-corrected chi connectivity index (χ2v) is 7.85. The maximum Gasteiger partial charge on any atom is 0.323 e. The summed E-state index contributed by atoms with van der Waals surface area (Å²) in [6.07, 6.45) is 1.66. The van der Waals surface area contributed by atoms with Crippen LogP contribution in [0.5, 0.6) is 0 Å². The average molecular weight is 494 g/mol. The number of hydrogen-bond donors (Lipinski definition) is 4. The molecule has 2 rings (SSSR count). The topological polar surface area (TPSA) is 126 Å². The van der Waals surface area contributed by atoms with Crippen LogP contribution in [0.25, 0.3) is 0 Å². The van der Waals surface area contributed by atoms with E-state index in [-0.39, 0.29) is 11.4 Å². The number of rotatable bonds is 9. The van der Waals surface area contributed by atoms with E-state index in [0.717, 1.165) is 23.8 Å². The number of allylic oxidation sites excluding steroid dienone is 1. The van der Waals surface area contributed by atoms with E-state index in [4.69, 9.17) is 11.6 Å². The summed E-state index contributed by atoms with van der Waals surface area (Å²) in [6.45, 7) is 4.42. The molecular weight excluding hydrogens is 468 g/mol. The number of carbonyl (C=O) groups excluding carboxylic acids is 2. The molecule has 0 aliphatic carbocycles. The van der Waals surface area contributed by atoms with Crippen molar-refractivity contribution in [3.8, 4) is 0 Å². The molecule has 1 atom stereocenters. The molecule has 1 unspecified atom stereocenters. The molecule has 0 aromatic heterocycles. The summed E-state index contributed by atoms with van der Waals surface area (Å²) >= 11 is 0. The Balaban J connectivity index is 2.17. The Kier molecular flexibility index (Phi) is 9.03. The molecule has 3 amide bonds. The number of halogens is 3. The quantitative estimate of drug-likeness (QED) is 0.182. The highest BCUT2D eigenvalue weighted by Gasteiger charge is 2.26. The minimum atomic E-state index is -3.27. The summed E-state index contributed by atoms with van der Waals surface area (Å²) in [5, 5.41) is 8.26. The normalized spacial score (nSPS) is 12.3. The second kappa shape index (κ2) is 11.5. The van der Waals surface area contributed by atoms with Gasteiger partial charge in [-0.25, -0.2) is 9.18 Å². The van der Waals surface area contributed by atoms with E-state index in [2.05, 4.69) is 15.7 Å². The van der Waals surface area contributed by atoms with Crippen LogP contribution in [0.2, 0.25) is 0 Å². The number of nitrogens with one attached hydrogen (secondary N) is 2. The fourth-order valence-corrected chi connectivity index (χ4v) is 3.35. The van der Waals surface area contributed by atoms with E-state index in [1.165, 1.54) is 9.24 Å². The molecule has 0 aliphatic rings. The van der Waals surface area contributed by atoms with Gasteiger partial charge in [0.15, 0.2) is 5.71 Å². The molecule has 0 bridgehead atoms. The molecule has 182 valence electrons. The van der Waals surface area contributed by atoms with Gasteiger partial charge in [-0.1, -0.05) is 27.4 Å². The van der Waals surface area contributed by atoms with E-state index >= 15 is 0 Å². The van der Waals surface area contributed by atoms with Crippen molar-refractivity contribution < 1.29 is 22.8 Å². The SMILES string of the molecule is C/C=C(\C(=N/N)C(N)=O)N(CC)Cc1cccc(NC(=O)Nc2cc(C(F)(F)P)ccc2F)c1. The van der Waals surface area contributed by atoms with Gasteiger partial charge in [-0.3, -0.25) is 4.79 Å². The van der Waals surface area contributed by atoms with Crippen molar-refractivity contribution in [3.63, 3.8) is 0 Å². The lowest BCUT2D eigenvalue weighted by atomic mass is 10.1. The molecule has 0 saturated heterocycles. The Bertz CT molecular complexity index is 1120. The first-order chi connectivity index (χ1) is 16.0. The number of amides is 3. The standard InChI is InChI=1S/C22H26F3N6O2P/c1-3-18(19(30-27)20(26)32)31(4-2)12-13-6-5-7-15(10-13)28-21(33)29-17-11-14(22(24,25)34)8-9-16(17)23/h3,5-11H,4,12,27,34H2,1-2H3,(H2,26,32)(H2,28,29,33)/b18-3+,30-19+. The van der Waals surface area contributed by atoms with Crippen molar-refractivity contribution in [1.82, 2.24) is 4.90 Å². The first-order valence-electron chi connectivity index (χ1n) is 10.1. The molecule has 0 aliphatic heterocycles. The first kappa shape index (κ1) is 26.7. The molecule has 0 spiro atoms. The third-order valence-electron chi connectivity index (χ3n) is 4.76. The third kappa shape index (κ3) is 6.95. The van der Waals surface area contributed by atoms with Crippen LogP contribution in [-0.2, 0) is 17.0 Å². The van der Waals surface area contributed by atoms with Gasteiger partial charge in [0, 0.05) is 24.3 Å². The molecule has 0 saturated carbocycles. The van der Waals surface area contributed by atoms with E-state index < -0.39 is 29.0 Å². The number of carbonyl (C=O) groups is 2. The number of primary amides is 1. The van der Waals surface area contributed by atoms with E-state index in [1.807, 2.05) is 11.8 Å². The summed E-state index contributed by atoms with van der Waals surface area (Å²) in [7, 11) is 1.36. The van der Waals surface area contributed by atoms with Crippen molar-refractivity contribution in [2.45, 2.75) is 26.1 Å². The van der Waals surface area contributed by atoms with Gasteiger partial charge < -0.3 is 27.1 Å². The maximum absolute atomic E-state index is 14.0. The number of benzene rings is 2. The highest BCUT2D eigenvalue weighted by molar-refractivity contribution is 7.17. The molecule has 34 heavy (non-hydrogen) atoms. The number of alkyl halides is 2. The van der Waals surface area contributed by atoms with Crippen LogP contribution >= 0.6 is 9.24 Å². The summed E-state index contributed by atoms with van der Waals surface area (Å²) in [5.74, 6) is 3.70. The van der Waals surface area contributed by atoms with Crippen LogP contribution in [0.1, 0.15) is 25.0 Å². The lowest BCUT2D eigenvalue weighted by Gasteiger charge is -2.26. The van der Waals surface area contributed by atoms with Crippen LogP contribution in [0.15, 0.2) is 59.3 Å². The lowest BCUT2D eigenvalue weighted by Crippen LogP contribution is -2.35. The number of hydrazone groups is 1. The zero-order valence-corrected chi connectivity index (χ0v) is 19.8. The Labute approximate surface area is 197 Å². The highest BCUT2D eigenvalue weighted by Crippen LogP contribution is 2.36. The van der Waals surface area contributed by atoms with Crippen molar-refractivity contribution in [2.75, 3.05) is 17.2 Å². The number of nitrogens with two attached hydrogens (primary N) is 2. The van der Waals surface area contributed by atoms with Gasteiger partial charge in [-0.05, 0) is 49.7 Å². The minimum Gasteiger partial charge on any atom is -0.366 e. The summed E-state index contributed by atoms with van der Waals surface area (Å²) < 4.78 is 41.0.